The van der Waals surface area contributed by atoms with Crippen LogP contribution in [-0.2, 0) is 7.05 Å². The molecule has 1 unspecified atom stereocenters. The summed E-state index contributed by atoms with van der Waals surface area (Å²) in [5.74, 6) is 0. The van der Waals surface area contributed by atoms with E-state index in [1.165, 1.54) is 47.0 Å². The van der Waals surface area contributed by atoms with Crippen molar-refractivity contribution in [2.75, 3.05) is 6.54 Å². The number of nitrogens with one attached hydrogen (secondary N) is 1. The first-order chi connectivity index (χ1) is 8.68. The molecule has 1 aliphatic heterocycles. The molecular weight excluding hydrogens is 220 g/mol. The number of aryl methyl sites for hydroxylation is 2. The number of aromatic nitrogens is 1. The highest BCUT2D eigenvalue weighted by atomic mass is 14.9. The minimum Gasteiger partial charge on any atom is -0.348 e. The van der Waals surface area contributed by atoms with E-state index in [4.69, 9.17) is 0 Å². The fourth-order valence-electron chi connectivity index (χ4n) is 3.12. The third-order valence-electron chi connectivity index (χ3n) is 4.55. The summed E-state index contributed by atoms with van der Waals surface area (Å²) in [4.78, 5) is 0. The maximum atomic E-state index is 3.63. The van der Waals surface area contributed by atoms with Gasteiger partial charge in [0, 0.05) is 29.7 Å². The minimum atomic E-state index is 0.554. The van der Waals surface area contributed by atoms with Gasteiger partial charge in [0.05, 0.1) is 0 Å². The average molecular weight is 242 g/mol. The second-order valence-corrected chi connectivity index (χ2v) is 5.55. The number of hydrogen-bond acceptors (Lipinski definition) is 1. The Labute approximate surface area is 109 Å². The van der Waals surface area contributed by atoms with Crippen LogP contribution in [0.2, 0.25) is 0 Å². The molecule has 0 radical (unpaired) electrons. The highest BCUT2D eigenvalue weighted by Gasteiger charge is 2.16. The Morgan fingerprint density at radius 3 is 2.78 bits per heavy atom. The summed E-state index contributed by atoms with van der Waals surface area (Å²) < 4.78 is 2.32. The van der Waals surface area contributed by atoms with Crippen molar-refractivity contribution >= 4 is 10.9 Å². The second kappa shape index (κ2) is 4.43. The predicted octanol–water partition coefficient (Wildman–Crippen LogP) is 3.61. The normalized spacial score (nSPS) is 20.5. The summed E-state index contributed by atoms with van der Waals surface area (Å²) in [6.07, 6.45) is 3.94. The first-order valence-corrected chi connectivity index (χ1v) is 6.97. The average Bonchev–Trinajstić information content (AvgIpc) is 2.65. The summed E-state index contributed by atoms with van der Waals surface area (Å²) >= 11 is 0. The van der Waals surface area contributed by atoms with E-state index in [-0.39, 0.29) is 0 Å². The zero-order valence-corrected chi connectivity index (χ0v) is 11.6. The van der Waals surface area contributed by atoms with Gasteiger partial charge < -0.3 is 9.88 Å². The number of rotatable bonds is 1. The third-order valence-corrected chi connectivity index (χ3v) is 4.55. The topological polar surface area (TPSA) is 17.0 Å². The first-order valence-electron chi connectivity index (χ1n) is 6.97. The Hall–Kier alpha value is -1.28. The van der Waals surface area contributed by atoms with Gasteiger partial charge in [0.2, 0.25) is 0 Å². The smallest absolute Gasteiger partial charge is 0.0485 e. The van der Waals surface area contributed by atoms with Gasteiger partial charge in [-0.15, -0.1) is 0 Å². The molecule has 0 saturated carbocycles. The number of piperidine rings is 1. The Kier molecular flexibility index (Phi) is 2.90. The van der Waals surface area contributed by atoms with E-state index >= 15 is 0 Å². The molecule has 1 N–H and O–H groups in total. The van der Waals surface area contributed by atoms with Crippen LogP contribution in [0.4, 0.5) is 0 Å². The van der Waals surface area contributed by atoms with Crippen LogP contribution in [0.25, 0.3) is 10.9 Å². The van der Waals surface area contributed by atoms with Gasteiger partial charge in [-0.2, -0.15) is 0 Å². The van der Waals surface area contributed by atoms with Crippen LogP contribution >= 0.6 is 0 Å². The highest BCUT2D eigenvalue weighted by molar-refractivity contribution is 5.85. The van der Waals surface area contributed by atoms with Crippen LogP contribution in [-0.4, -0.2) is 11.1 Å². The quantitative estimate of drug-likeness (QED) is 0.808. The highest BCUT2D eigenvalue weighted by Crippen LogP contribution is 2.29. The van der Waals surface area contributed by atoms with Gasteiger partial charge in [-0.1, -0.05) is 18.6 Å². The molecule has 1 aliphatic rings. The molecule has 2 heterocycles. The summed E-state index contributed by atoms with van der Waals surface area (Å²) in [6.45, 7) is 5.58. The number of benzene rings is 1. The van der Waals surface area contributed by atoms with Gasteiger partial charge in [0.15, 0.2) is 0 Å². The number of hydrogen-bond donors (Lipinski definition) is 1. The maximum absolute atomic E-state index is 3.63. The Bertz CT molecular complexity index is 574. The van der Waals surface area contributed by atoms with Gasteiger partial charge in [-0.3, -0.25) is 0 Å². The zero-order chi connectivity index (χ0) is 12.7. The van der Waals surface area contributed by atoms with E-state index in [0.717, 1.165) is 6.54 Å². The molecule has 0 aliphatic carbocycles. The van der Waals surface area contributed by atoms with Gasteiger partial charge in [0.1, 0.15) is 0 Å². The van der Waals surface area contributed by atoms with Crippen LogP contribution in [0, 0.1) is 13.8 Å². The fraction of sp³-hybridized carbons (Fsp3) is 0.500. The van der Waals surface area contributed by atoms with Crippen LogP contribution in [0.15, 0.2) is 18.2 Å². The Balaban J connectivity index is 2.07. The maximum Gasteiger partial charge on any atom is 0.0485 e. The van der Waals surface area contributed by atoms with Crippen LogP contribution in [0.3, 0.4) is 0 Å². The molecule has 0 bridgehead atoms. The van der Waals surface area contributed by atoms with Crippen LogP contribution < -0.4 is 5.32 Å². The SMILES string of the molecule is Cc1c(C)n(C)c2cc(C3CCCCN3)ccc12. The van der Waals surface area contributed by atoms with E-state index in [9.17, 15) is 0 Å². The van der Waals surface area contributed by atoms with E-state index < -0.39 is 0 Å². The molecule has 1 aromatic heterocycles. The molecule has 2 heteroatoms. The Morgan fingerprint density at radius 2 is 2.06 bits per heavy atom. The standard InChI is InChI=1S/C16H22N2/c1-11-12(2)18(3)16-10-13(7-8-14(11)16)15-6-4-5-9-17-15/h7-8,10,15,17H,4-6,9H2,1-3H3. The molecule has 1 aromatic carbocycles. The number of fused-ring (bicyclic) bond motifs is 1. The summed E-state index contributed by atoms with van der Waals surface area (Å²) in [7, 11) is 2.17. The first kappa shape index (κ1) is 11.8. The number of nitrogens with zero attached hydrogens (tertiary/aromatic N) is 1. The van der Waals surface area contributed by atoms with Gasteiger partial charge in [0.25, 0.3) is 0 Å². The largest absolute Gasteiger partial charge is 0.348 e. The van der Waals surface area contributed by atoms with Crippen molar-refractivity contribution < 1.29 is 0 Å². The van der Waals surface area contributed by atoms with Gasteiger partial charge >= 0.3 is 0 Å². The zero-order valence-electron chi connectivity index (χ0n) is 11.6. The van der Waals surface area contributed by atoms with Crippen LogP contribution in [0.5, 0.6) is 0 Å². The van der Waals surface area contributed by atoms with Crippen molar-refractivity contribution in [3.63, 3.8) is 0 Å². The molecule has 0 spiro atoms. The lowest BCUT2D eigenvalue weighted by molar-refractivity contribution is 0.412. The molecular formula is C16H22N2. The lowest BCUT2D eigenvalue weighted by atomic mass is 9.96. The van der Waals surface area contributed by atoms with Gasteiger partial charge in [-0.05, 0) is 50.4 Å². The molecule has 2 aromatic rings. The Morgan fingerprint density at radius 1 is 1.22 bits per heavy atom. The lowest BCUT2D eigenvalue weighted by Gasteiger charge is -2.24. The monoisotopic (exact) mass is 242 g/mol. The van der Waals surface area contributed by atoms with Crippen molar-refractivity contribution in [2.45, 2.75) is 39.2 Å². The van der Waals surface area contributed by atoms with Crippen molar-refractivity contribution in [1.82, 2.24) is 9.88 Å². The van der Waals surface area contributed by atoms with E-state index in [1.807, 2.05) is 0 Å². The van der Waals surface area contributed by atoms with Gasteiger partial charge in [-0.25, -0.2) is 0 Å². The minimum absolute atomic E-state index is 0.554. The fourth-order valence-corrected chi connectivity index (χ4v) is 3.12. The molecule has 96 valence electrons. The third kappa shape index (κ3) is 1.76. The molecule has 1 fully saturated rings. The summed E-state index contributed by atoms with van der Waals surface area (Å²) in [5.41, 5.74) is 5.60. The molecule has 2 nitrogen and oxygen atoms in total. The molecule has 1 saturated heterocycles. The van der Waals surface area contributed by atoms with Crippen molar-refractivity contribution in [1.29, 1.82) is 0 Å². The van der Waals surface area contributed by atoms with E-state index in [1.54, 1.807) is 0 Å². The molecule has 18 heavy (non-hydrogen) atoms. The summed E-state index contributed by atoms with van der Waals surface area (Å²) in [6, 6.07) is 7.53. The predicted molar refractivity (Wildman–Crippen MR) is 77.0 cm³/mol. The summed E-state index contributed by atoms with van der Waals surface area (Å²) in [5, 5.41) is 5.03. The van der Waals surface area contributed by atoms with E-state index in [0.29, 0.717) is 6.04 Å². The van der Waals surface area contributed by atoms with Crippen LogP contribution in [0.1, 0.15) is 42.1 Å². The van der Waals surface area contributed by atoms with Crippen molar-refractivity contribution in [3.8, 4) is 0 Å². The lowest BCUT2D eigenvalue weighted by Crippen LogP contribution is -2.26. The second-order valence-electron chi connectivity index (χ2n) is 5.55. The van der Waals surface area contributed by atoms with E-state index in [2.05, 4.69) is 49.0 Å². The molecule has 0 amide bonds. The molecule has 1 atom stereocenters. The van der Waals surface area contributed by atoms with Crippen molar-refractivity contribution in [2.24, 2.45) is 7.05 Å². The molecule has 3 rings (SSSR count). The van der Waals surface area contributed by atoms with Crippen molar-refractivity contribution in [3.05, 3.63) is 35.0 Å².